The fourth-order valence-electron chi connectivity index (χ4n) is 2.30. The lowest BCUT2D eigenvalue weighted by molar-refractivity contribution is 0.100. The Kier molecular flexibility index (Phi) is 4.27. The molecule has 0 atom stereocenters. The number of guanidine groups is 1. The van der Waals surface area contributed by atoms with Gasteiger partial charge < -0.3 is 21.1 Å². The molecule has 2 aromatic rings. The van der Waals surface area contributed by atoms with Gasteiger partial charge in [0.25, 0.3) is 10.0 Å². The number of hydrogen-bond donors (Lipinski definition) is 3. The Morgan fingerprint density at radius 2 is 2.08 bits per heavy atom. The summed E-state index contributed by atoms with van der Waals surface area (Å²) < 4.78 is 33.7. The van der Waals surface area contributed by atoms with Gasteiger partial charge in [0.2, 0.25) is 11.9 Å². The number of carbonyl (C=O) groups excluding carboxylic acids is 1. The van der Waals surface area contributed by atoms with Gasteiger partial charge in [-0.3, -0.25) is 4.79 Å². The van der Waals surface area contributed by atoms with Crippen LogP contribution in [0.2, 0.25) is 5.02 Å². The first-order chi connectivity index (χ1) is 11.8. The summed E-state index contributed by atoms with van der Waals surface area (Å²) in [6, 6.07) is 9.04. The van der Waals surface area contributed by atoms with Gasteiger partial charge in [0.05, 0.1) is 7.11 Å². The van der Waals surface area contributed by atoms with Gasteiger partial charge >= 0.3 is 0 Å². The highest BCUT2D eigenvalue weighted by Gasteiger charge is 2.28. The van der Waals surface area contributed by atoms with Crippen molar-refractivity contribution < 1.29 is 17.9 Å². The Labute approximate surface area is 148 Å². The molecule has 0 aliphatic carbocycles. The maximum absolute atomic E-state index is 12.4. The zero-order valence-electron chi connectivity index (χ0n) is 12.9. The van der Waals surface area contributed by atoms with Gasteiger partial charge in [-0.1, -0.05) is 17.7 Å². The number of nitrogens with zero attached hydrogens (tertiary/aromatic N) is 1. The van der Waals surface area contributed by atoms with Crippen molar-refractivity contribution in [1.29, 1.82) is 0 Å². The van der Waals surface area contributed by atoms with E-state index in [2.05, 4.69) is 15.0 Å². The molecule has 8 nitrogen and oxygen atoms in total. The van der Waals surface area contributed by atoms with E-state index in [1.54, 1.807) is 18.2 Å². The number of hydrogen-bond acceptors (Lipinski definition) is 6. The minimum atomic E-state index is -3.99. The molecule has 130 valence electrons. The van der Waals surface area contributed by atoms with Crippen molar-refractivity contribution in [1.82, 2.24) is 0 Å². The smallest absolute Gasteiger partial charge is 0.287 e. The third-order valence-electron chi connectivity index (χ3n) is 3.39. The molecule has 1 heterocycles. The van der Waals surface area contributed by atoms with Crippen molar-refractivity contribution in [2.24, 2.45) is 10.1 Å². The van der Waals surface area contributed by atoms with E-state index in [0.29, 0.717) is 5.69 Å². The lowest BCUT2D eigenvalue weighted by Gasteiger charge is -2.21. The molecule has 10 heteroatoms. The number of nitrogens with two attached hydrogens (primary N) is 1. The molecule has 1 aliphatic rings. The number of halogens is 1. The molecule has 4 N–H and O–H groups in total. The van der Waals surface area contributed by atoms with Crippen molar-refractivity contribution >= 4 is 44.9 Å². The summed E-state index contributed by atoms with van der Waals surface area (Å²) in [6.45, 7) is 0. The minimum absolute atomic E-state index is 0.0465. The minimum Gasteiger partial charge on any atom is -0.494 e. The fraction of sp³-hybridized carbons (Fsp3) is 0.0667. The van der Waals surface area contributed by atoms with Crippen molar-refractivity contribution in [3.8, 4) is 5.75 Å². The molecule has 0 saturated heterocycles. The topological polar surface area (TPSA) is 123 Å². The highest BCUT2D eigenvalue weighted by Crippen LogP contribution is 2.38. The molecular formula is C15H13ClN4O4S. The van der Waals surface area contributed by atoms with Crippen molar-refractivity contribution in [3.05, 3.63) is 47.0 Å². The van der Waals surface area contributed by atoms with E-state index in [4.69, 9.17) is 22.1 Å². The van der Waals surface area contributed by atoms with Crippen LogP contribution in [0.3, 0.4) is 0 Å². The Balaban J connectivity index is 2.00. The van der Waals surface area contributed by atoms with Gasteiger partial charge in [-0.05, 0) is 24.3 Å². The number of methoxy groups -OCH3 is 1. The number of nitrogens with one attached hydrogen (secondary N) is 2. The molecule has 0 bridgehead atoms. The third kappa shape index (κ3) is 3.37. The van der Waals surface area contributed by atoms with Crippen LogP contribution in [0.25, 0.3) is 0 Å². The number of amides is 1. The van der Waals surface area contributed by atoms with E-state index in [9.17, 15) is 13.2 Å². The number of carbonyl (C=O) groups is 1. The summed E-state index contributed by atoms with van der Waals surface area (Å²) in [5.74, 6) is -0.391. The van der Waals surface area contributed by atoms with Crippen molar-refractivity contribution in [2.75, 3.05) is 17.7 Å². The van der Waals surface area contributed by atoms with Crippen LogP contribution >= 0.6 is 11.6 Å². The van der Waals surface area contributed by atoms with Gasteiger partial charge in [-0.25, -0.2) is 0 Å². The molecule has 0 unspecified atom stereocenters. The van der Waals surface area contributed by atoms with Crippen LogP contribution in [-0.2, 0) is 10.0 Å². The summed E-state index contributed by atoms with van der Waals surface area (Å²) in [4.78, 5) is 11.2. The Morgan fingerprint density at radius 1 is 1.32 bits per heavy atom. The van der Waals surface area contributed by atoms with Gasteiger partial charge in [0, 0.05) is 22.3 Å². The SMILES string of the molecule is COc1cc(Cl)cc2c1NC(Nc1cccc(C(N)=O)c1)=NS2(=O)=O. The van der Waals surface area contributed by atoms with Crippen molar-refractivity contribution in [3.63, 3.8) is 0 Å². The highest BCUT2D eigenvalue weighted by atomic mass is 35.5. The molecule has 0 spiro atoms. The van der Waals surface area contributed by atoms with E-state index in [0.717, 1.165) is 0 Å². The van der Waals surface area contributed by atoms with E-state index in [1.807, 2.05) is 0 Å². The zero-order chi connectivity index (χ0) is 18.2. The first-order valence-electron chi connectivity index (χ1n) is 6.96. The Bertz CT molecular complexity index is 1000. The number of sulfonamides is 1. The van der Waals surface area contributed by atoms with Crippen LogP contribution in [-0.4, -0.2) is 27.4 Å². The van der Waals surface area contributed by atoms with E-state index in [1.165, 1.54) is 25.3 Å². The molecular weight excluding hydrogens is 368 g/mol. The number of primary amides is 1. The van der Waals surface area contributed by atoms with E-state index in [-0.39, 0.29) is 32.9 Å². The van der Waals surface area contributed by atoms with Gasteiger partial charge in [0.1, 0.15) is 16.3 Å². The zero-order valence-corrected chi connectivity index (χ0v) is 14.5. The first kappa shape index (κ1) is 17.1. The lowest BCUT2D eigenvalue weighted by Crippen LogP contribution is -2.28. The summed E-state index contributed by atoms with van der Waals surface area (Å²) in [7, 11) is -2.59. The summed E-state index contributed by atoms with van der Waals surface area (Å²) in [6.07, 6.45) is 0. The van der Waals surface area contributed by atoms with Gasteiger partial charge in [-0.15, -0.1) is 4.40 Å². The van der Waals surface area contributed by atoms with E-state index < -0.39 is 15.9 Å². The second-order valence-corrected chi connectivity index (χ2v) is 7.10. The molecule has 25 heavy (non-hydrogen) atoms. The molecule has 1 aliphatic heterocycles. The van der Waals surface area contributed by atoms with Crippen molar-refractivity contribution in [2.45, 2.75) is 4.90 Å². The quantitative estimate of drug-likeness (QED) is 0.748. The molecule has 3 rings (SSSR count). The fourth-order valence-corrected chi connectivity index (χ4v) is 3.69. The van der Waals surface area contributed by atoms with Gasteiger partial charge in [-0.2, -0.15) is 8.42 Å². The largest absolute Gasteiger partial charge is 0.494 e. The predicted octanol–water partition coefficient (Wildman–Crippen LogP) is 2.03. The molecule has 1 amide bonds. The van der Waals surface area contributed by atoms with Crippen LogP contribution in [0.15, 0.2) is 45.7 Å². The highest BCUT2D eigenvalue weighted by molar-refractivity contribution is 7.90. The normalized spacial score (nSPS) is 14.7. The summed E-state index contributed by atoms with van der Waals surface area (Å²) >= 11 is 5.92. The monoisotopic (exact) mass is 380 g/mol. The molecule has 2 aromatic carbocycles. The number of benzene rings is 2. The van der Waals surface area contributed by atoms with Crippen LogP contribution < -0.4 is 21.1 Å². The van der Waals surface area contributed by atoms with Crippen LogP contribution in [0.4, 0.5) is 11.4 Å². The first-order valence-corrected chi connectivity index (χ1v) is 8.78. The number of fused-ring (bicyclic) bond motifs is 1. The average molecular weight is 381 g/mol. The summed E-state index contributed by atoms with van der Waals surface area (Å²) in [5.41, 5.74) is 6.17. The van der Waals surface area contributed by atoms with Gasteiger partial charge in [0.15, 0.2) is 0 Å². The lowest BCUT2D eigenvalue weighted by atomic mass is 10.2. The number of rotatable bonds is 3. The second kappa shape index (κ2) is 6.26. The predicted molar refractivity (Wildman–Crippen MR) is 94.8 cm³/mol. The molecule has 0 fully saturated rings. The second-order valence-electron chi connectivity index (χ2n) is 5.09. The number of ether oxygens (including phenoxy) is 1. The molecule has 0 saturated carbocycles. The Morgan fingerprint density at radius 3 is 2.76 bits per heavy atom. The maximum atomic E-state index is 12.4. The maximum Gasteiger partial charge on any atom is 0.287 e. The van der Waals surface area contributed by atoms with E-state index >= 15 is 0 Å². The Hall–Kier alpha value is -2.78. The molecule has 0 aromatic heterocycles. The average Bonchev–Trinajstić information content (AvgIpc) is 2.54. The van der Waals surface area contributed by atoms with Crippen LogP contribution in [0.1, 0.15) is 10.4 Å². The summed E-state index contributed by atoms with van der Waals surface area (Å²) in [5, 5.41) is 5.87. The third-order valence-corrected chi connectivity index (χ3v) is 4.91. The van der Waals surface area contributed by atoms with Crippen LogP contribution in [0.5, 0.6) is 5.75 Å². The standard InChI is InChI=1S/C15H13ClN4O4S/c1-24-11-6-9(16)7-12-13(11)19-15(20-25(12,22)23)18-10-4-2-3-8(5-10)14(17)21/h2-7H,1H3,(H2,17,21)(H2,18,19,20). The number of anilines is 2. The van der Waals surface area contributed by atoms with Crippen LogP contribution in [0, 0.1) is 0 Å². The molecule has 0 radical (unpaired) electrons.